The van der Waals surface area contributed by atoms with Crippen LogP contribution in [-0.2, 0) is 0 Å². The fourth-order valence-electron chi connectivity index (χ4n) is 3.10. The van der Waals surface area contributed by atoms with Crippen LogP contribution < -0.4 is 0 Å². The van der Waals surface area contributed by atoms with Crippen LogP contribution in [0.5, 0.6) is 0 Å². The van der Waals surface area contributed by atoms with E-state index in [1.54, 1.807) is 22.8 Å². The predicted octanol–water partition coefficient (Wildman–Crippen LogP) is 3.86. The number of benzene rings is 1. The lowest BCUT2D eigenvalue weighted by atomic mass is 10.2. The van der Waals surface area contributed by atoms with Gasteiger partial charge < -0.3 is 4.40 Å². The second kappa shape index (κ2) is 5.70. The molecule has 0 unspecified atom stereocenters. The highest BCUT2D eigenvalue weighted by molar-refractivity contribution is 5.67. The summed E-state index contributed by atoms with van der Waals surface area (Å²) in [7, 11) is 0. The third kappa shape index (κ3) is 2.55. The highest BCUT2D eigenvalue weighted by Gasteiger charge is 2.12. The summed E-state index contributed by atoms with van der Waals surface area (Å²) >= 11 is 0. The minimum absolute atomic E-state index is 0.261. The van der Waals surface area contributed by atoms with Crippen molar-refractivity contribution in [3.05, 3.63) is 72.2 Å². The number of hydrogen-bond donors (Lipinski definition) is 0. The lowest BCUT2D eigenvalue weighted by Gasteiger charge is -1.98. The van der Waals surface area contributed by atoms with Crippen molar-refractivity contribution in [3.8, 4) is 22.6 Å². The zero-order chi connectivity index (χ0) is 18.5. The molecule has 4 aromatic heterocycles. The number of halogens is 1. The van der Waals surface area contributed by atoms with Gasteiger partial charge in [0.15, 0.2) is 11.5 Å². The van der Waals surface area contributed by atoms with Gasteiger partial charge in [0.1, 0.15) is 11.5 Å². The van der Waals surface area contributed by atoms with Crippen LogP contribution in [0.15, 0.2) is 55.0 Å². The van der Waals surface area contributed by atoms with Gasteiger partial charge in [0.25, 0.3) is 0 Å². The maximum atomic E-state index is 13.1. The number of rotatable bonds is 2. The van der Waals surface area contributed by atoms with Crippen molar-refractivity contribution in [2.75, 3.05) is 0 Å². The summed E-state index contributed by atoms with van der Waals surface area (Å²) in [6, 6.07) is 10.2. The summed E-state index contributed by atoms with van der Waals surface area (Å²) in [6.45, 7) is 3.87. The van der Waals surface area contributed by atoms with E-state index in [1.165, 1.54) is 12.1 Å². The molecule has 0 aliphatic heterocycles. The van der Waals surface area contributed by atoms with Gasteiger partial charge in [-0.2, -0.15) is 0 Å². The van der Waals surface area contributed by atoms with E-state index >= 15 is 0 Å². The van der Waals surface area contributed by atoms with E-state index in [0.717, 1.165) is 39.5 Å². The van der Waals surface area contributed by atoms with Crippen molar-refractivity contribution in [2.45, 2.75) is 13.8 Å². The molecule has 0 aliphatic carbocycles. The maximum absolute atomic E-state index is 13.1. The molecule has 5 rings (SSSR count). The van der Waals surface area contributed by atoms with Crippen LogP contribution in [0.25, 0.3) is 33.9 Å². The first-order valence-electron chi connectivity index (χ1n) is 8.52. The normalized spacial score (nSPS) is 11.5. The van der Waals surface area contributed by atoms with Gasteiger partial charge in [-0.25, -0.2) is 18.9 Å². The van der Waals surface area contributed by atoms with Crippen molar-refractivity contribution in [3.63, 3.8) is 0 Å². The third-order valence-corrected chi connectivity index (χ3v) is 4.57. The Kier molecular flexibility index (Phi) is 3.30. The first-order valence-corrected chi connectivity index (χ1v) is 8.52. The van der Waals surface area contributed by atoms with Gasteiger partial charge in [-0.05, 0) is 50.2 Å². The molecule has 0 aliphatic rings. The van der Waals surface area contributed by atoms with E-state index < -0.39 is 0 Å². The zero-order valence-electron chi connectivity index (χ0n) is 14.8. The topological polar surface area (TPSA) is 60.4 Å². The average Bonchev–Trinajstić information content (AvgIpc) is 3.30. The van der Waals surface area contributed by atoms with E-state index in [4.69, 9.17) is 0 Å². The minimum Gasteiger partial charge on any atom is -0.306 e. The maximum Gasteiger partial charge on any atom is 0.182 e. The molecule has 0 amide bonds. The second-order valence-corrected chi connectivity index (χ2v) is 6.47. The van der Waals surface area contributed by atoms with E-state index in [9.17, 15) is 4.39 Å². The molecular weight excluding hydrogens is 343 g/mol. The van der Waals surface area contributed by atoms with Crippen LogP contribution in [0.3, 0.4) is 0 Å². The quantitative estimate of drug-likeness (QED) is 0.481. The van der Waals surface area contributed by atoms with Gasteiger partial charge in [-0.3, -0.25) is 4.98 Å². The Morgan fingerprint density at radius 2 is 1.78 bits per heavy atom. The Morgan fingerprint density at radius 1 is 0.963 bits per heavy atom. The van der Waals surface area contributed by atoms with Gasteiger partial charge in [0.2, 0.25) is 0 Å². The number of fused-ring (bicyclic) bond motifs is 2. The van der Waals surface area contributed by atoms with Crippen LogP contribution in [0.1, 0.15) is 11.4 Å². The second-order valence-electron chi connectivity index (χ2n) is 6.47. The molecule has 0 spiro atoms. The fraction of sp³-hybridized carbons (Fsp3) is 0.100. The Hall–Kier alpha value is -3.61. The van der Waals surface area contributed by atoms with Crippen molar-refractivity contribution in [2.24, 2.45) is 0 Å². The highest BCUT2D eigenvalue weighted by Crippen LogP contribution is 2.23. The highest BCUT2D eigenvalue weighted by atomic mass is 19.1. The molecule has 0 radical (unpaired) electrons. The number of pyridine rings is 1. The van der Waals surface area contributed by atoms with Crippen LogP contribution in [-0.4, -0.2) is 29.0 Å². The van der Waals surface area contributed by atoms with E-state index in [1.807, 2.05) is 42.8 Å². The van der Waals surface area contributed by atoms with Crippen molar-refractivity contribution < 1.29 is 4.39 Å². The van der Waals surface area contributed by atoms with Crippen LogP contribution in [0.4, 0.5) is 4.39 Å². The van der Waals surface area contributed by atoms with Crippen LogP contribution in [0, 0.1) is 19.7 Å². The third-order valence-electron chi connectivity index (χ3n) is 4.57. The first-order chi connectivity index (χ1) is 13.1. The number of aryl methyl sites for hydroxylation is 2. The smallest absolute Gasteiger partial charge is 0.182 e. The minimum atomic E-state index is -0.261. The molecule has 7 heteroatoms. The molecule has 0 atom stereocenters. The molecule has 132 valence electrons. The van der Waals surface area contributed by atoms with Gasteiger partial charge in [0.05, 0.1) is 17.1 Å². The molecule has 4 heterocycles. The Balaban J connectivity index is 1.61. The van der Waals surface area contributed by atoms with Gasteiger partial charge in [0, 0.05) is 29.7 Å². The van der Waals surface area contributed by atoms with E-state index in [2.05, 4.69) is 20.1 Å². The van der Waals surface area contributed by atoms with E-state index in [0.29, 0.717) is 5.82 Å². The lowest BCUT2D eigenvalue weighted by molar-refractivity contribution is 0.628. The van der Waals surface area contributed by atoms with Crippen molar-refractivity contribution in [1.82, 2.24) is 29.0 Å². The molecule has 0 saturated heterocycles. The SMILES string of the molecule is Cc1ncc(C)n2nc(-c3ccn4cc(-c5ccc(F)cc5)nc4c3)nc12. The predicted molar refractivity (Wildman–Crippen MR) is 99.8 cm³/mol. The molecule has 27 heavy (non-hydrogen) atoms. The molecule has 0 bridgehead atoms. The van der Waals surface area contributed by atoms with Gasteiger partial charge in [-0.1, -0.05) is 0 Å². The van der Waals surface area contributed by atoms with Crippen LogP contribution in [0.2, 0.25) is 0 Å². The molecule has 1 aromatic carbocycles. The zero-order valence-corrected chi connectivity index (χ0v) is 14.8. The average molecular weight is 358 g/mol. The Labute approximate surface area is 154 Å². The molecule has 0 fully saturated rings. The molecule has 5 aromatic rings. The summed E-state index contributed by atoms with van der Waals surface area (Å²) in [6.07, 6.45) is 5.63. The summed E-state index contributed by atoms with van der Waals surface area (Å²) in [5, 5.41) is 4.61. The fourth-order valence-corrected chi connectivity index (χ4v) is 3.10. The Morgan fingerprint density at radius 3 is 2.56 bits per heavy atom. The summed E-state index contributed by atoms with van der Waals surface area (Å²) < 4.78 is 16.9. The molecule has 0 N–H and O–H groups in total. The number of nitrogens with zero attached hydrogens (tertiary/aromatic N) is 6. The van der Waals surface area contributed by atoms with Crippen molar-refractivity contribution in [1.29, 1.82) is 0 Å². The number of imidazole rings is 1. The van der Waals surface area contributed by atoms with Crippen LogP contribution >= 0.6 is 0 Å². The largest absolute Gasteiger partial charge is 0.306 e. The monoisotopic (exact) mass is 358 g/mol. The van der Waals surface area contributed by atoms with Gasteiger partial charge >= 0.3 is 0 Å². The summed E-state index contributed by atoms with van der Waals surface area (Å²) in [5.41, 5.74) is 5.81. The van der Waals surface area contributed by atoms with Crippen molar-refractivity contribution >= 4 is 11.3 Å². The number of aromatic nitrogens is 6. The lowest BCUT2D eigenvalue weighted by Crippen LogP contribution is -1.97. The summed E-state index contributed by atoms with van der Waals surface area (Å²) in [5.74, 6) is 0.367. The van der Waals surface area contributed by atoms with Gasteiger partial charge in [-0.15, -0.1) is 5.10 Å². The molecular formula is C20H15FN6. The van der Waals surface area contributed by atoms with E-state index in [-0.39, 0.29) is 5.82 Å². The Bertz CT molecular complexity index is 1260. The number of hydrogen-bond acceptors (Lipinski definition) is 4. The molecule has 0 saturated carbocycles. The molecule has 6 nitrogen and oxygen atoms in total. The summed E-state index contributed by atoms with van der Waals surface area (Å²) in [4.78, 5) is 13.6. The first kappa shape index (κ1) is 15.6. The standard InChI is InChI=1S/C20H15FN6/c1-12-10-22-13(2)20-24-19(25-27(12)20)15-7-8-26-11-17(23-18(26)9-15)14-3-5-16(21)6-4-14/h3-11H,1-2H3.